The number of benzene rings is 2. The van der Waals surface area contributed by atoms with Gasteiger partial charge in [-0.15, -0.1) is 0 Å². The molecular formula is C18H14ClN3O4S. The molecular weight excluding hydrogens is 390 g/mol. The van der Waals surface area contributed by atoms with Gasteiger partial charge in [-0.05, 0) is 49.4 Å². The normalized spacial score (nSPS) is 11.8. The lowest BCUT2D eigenvalue weighted by Gasteiger charge is -2.18. The van der Waals surface area contributed by atoms with Gasteiger partial charge >= 0.3 is 6.01 Å². The first-order chi connectivity index (χ1) is 13.0. The molecule has 0 aliphatic heterocycles. The van der Waals surface area contributed by atoms with Crippen molar-refractivity contribution in [3.63, 3.8) is 0 Å². The van der Waals surface area contributed by atoms with Crippen LogP contribution in [0.1, 0.15) is 6.92 Å². The number of oxazole rings is 2. The summed E-state index contributed by atoms with van der Waals surface area (Å²) < 4.78 is 38.1. The highest BCUT2D eigenvalue weighted by Gasteiger charge is 2.28. The molecule has 0 unspecified atom stereocenters. The molecule has 2 aromatic carbocycles. The molecule has 7 nitrogen and oxygen atoms in total. The van der Waals surface area contributed by atoms with Gasteiger partial charge in [-0.25, -0.2) is 17.7 Å². The Bertz CT molecular complexity index is 1190. The van der Waals surface area contributed by atoms with E-state index in [1.54, 1.807) is 37.3 Å². The first kappa shape index (κ1) is 17.6. The van der Waals surface area contributed by atoms with E-state index < -0.39 is 10.0 Å². The van der Waals surface area contributed by atoms with E-state index in [4.69, 9.17) is 20.4 Å². The number of halogens is 1. The van der Waals surface area contributed by atoms with Crippen LogP contribution in [0.2, 0.25) is 5.02 Å². The van der Waals surface area contributed by atoms with Gasteiger partial charge in [0.05, 0.1) is 11.1 Å². The number of nitrogens with zero attached hydrogens (tertiary/aromatic N) is 3. The highest BCUT2D eigenvalue weighted by molar-refractivity contribution is 7.92. The summed E-state index contributed by atoms with van der Waals surface area (Å²) in [7, 11) is -3.85. The highest BCUT2D eigenvalue weighted by atomic mass is 35.5. The zero-order chi connectivity index (χ0) is 19.0. The molecule has 0 radical (unpaired) electrons. The Morgan fingerprint density at radius 2 is 1.93 bits per heavy atom. The smallest absolute Gasteiger partial charge is 0.312 e. The quantitative estimate of drug-likeness (QED) is 0.492. The van der Waals surface area contributed by atoms with Gasteiger partial charge in [-0.3, -0.25) is 0 Å². The molecule has 2 aromatic heterocycles. The van der Waals surface area contributed by atoms with Crippen LogP contribution >= 0.6 is 11.6 Å². The van der Waals surface area contributed by atoms with E-state index in [2.05, 4.69) is 9.97 Å². The monoisotopic (exact) mass is 403 g/mol. The van der Waals surface area contributed by atoms with Crippen molar-refractivity contribution in [1.82, 2.24) is 9.97 Å². The summed E-state index contributed by atoms with van der Waals surface area (Å²) in [5.41, 5.74) is 1.63. The lowest BCUT2D eigenvalue weighted by atomic mass is 10.2. The Morgan fingerprint density at radius 3 is 2.59 bits per heavy atom. The summed E-state index contributed by atoms with van der Waals surface area (Å²) in [4.78, 5) is 8.42. The number of fused-ring (bicyclic) bond motifs is 1. The van der Waals surface area contributed by atoms with Gasteiger partial charge in [0.25, 0.3) is 10.0 Å². The molecule has 0 atom stereocenters. The third-order valence-electron chi connectivity index (χ3n) is 3.96. The van der Waals surface area contributed by atoms with Crippen molar-refractivity contribution in [3.05, 3.63) is 59.9 Å². The van der Waals surface area contributed by atoms with Gasteiger partial charge in [0.1, 0.15) is 11.8 Å². The highest BCUT2D eigenvalue weighted by Crippen LogP contribution is 2.29. The van der Waals surface area contributed by atoms with Crippen molar-refractivity contribution in [2.75, 3.05) is 10.8 Å². The molecule has 0 spiro atoms. The maximum Gasteiger partial charge on any atom is 0.312 e. The number of sulfonamides is 1. The topological polar surface area (TPSA) is 89.4 Å². The van der Waals surface area contributed by atoms with E-state index in [1.165, 1.54) is 24.6 Å². The minimum Gasteiger partial charge on any atom is -0.445 e. The van der Waals surface area contributed by atoms with Crippen LogP contribution in [0, 0.1) is 0 Å². The van der Waals surface area contributed by atoms with Gasteiger partial charge in [-0.1, -0.05) is 11.6 Å². The van der Waals surface area contributed by atoms with E-state index in [1.807, 2.05) is 0 Å². The Morgan fingerprint density at radius 1 is 1.15 bits per heavy atom. The molecule has 0 N–H and O–H groups in total. The lowest BCUT2D eigenvalue weighted by Crippen LogP contribution is -2.31. The lowest BCUT2D eigenvalue weighted by molar-refractivity contribution is 0.567. The second kappa shape index (κ2) is 6.71. The number of aromatic nitrogens is 2. The van der Waals surface area contributed by atoms with Gasteiger partial charge in [0.2, 0.25) is 5.89 Å². The molecule has 9 heteroatoms. The Hall–Kier alpha value is -2.84. The van der Waals surface area contributed by atoms with E-state index in [0.29, 0.717) is 27.6 Å². The third-order valence-corrected chi connectivity index (χ3v) is 6.06. The van der Waals surface area contributed by atoms with E-state index >= 15 is 0 Å². The van der Waals surface area contributed by atoms with Gasteiger partial charge in [-0.2, -0.15) is 4.98 Å². The Balaban J connectivity index is 1.71. The zero-order valence-electron chi connectivity index (χ0n) is 14.2. The van der Waals surface area contributed by atoms with Crippen molar-refractivity contribution in [2.45, 2.75) is 11.8 Å². The molecule has 4 aromatic rings. The molecule has 138 valence electrons. The fourth-order valence-electron chi connectivity index (χ4n) is 2.67. The number of anilines is 1. The van der Waals surface area contributed by atoms with E-state index in [9.17, 15) is 8.42 Å². The fraction of sp³-hybridized carbons (Fsp3) is 0.111. The number of hydrogen-bond acceptors (Lipinski definition) is 6. The molecule has 2 heterocycles. The minimum atomic E-state index is -3.85. The van der Waals surface area contributed by atoms with Crippen LogP contribution in [0.25, 0.3) is 22.6 Å². The van der Waals surface area contributed by atoms with Crippen LogP contribution < -0.4 is 4.31 Å². The number of rotatable bonds is 5. The molecule has 0 saturated carbocycles. The molecule has 27 heavy (non-hydrogen) atoms. The van der Waals surface area contributed by atoms with Crippen molar-refractivity contribution in [3.8, 4) is 11.5 Å². The van der Waals surface area contributed by atoms with Crippen LogP contribution in [0.3, 0.4) is 0 Å². The van der Waals surface area contributed by atoms with Crippen molar-refractivity contribution < 1.29 is 17.3 Å². The second-order valence-corrected chi connectivity index (χ2v) is 7.94. The third kappa shape index (κ3) is 3.17. The Labute approximate surface area is 160 Å². The van der Waals surface area contributed by atoms with Crippen LogP contribution in [0.5, 0.6) is 0 Å². The van der Waals surface area contributed by atoms with Crippen molar-refractivity contribution in [2.24, 2.45) is 0 Å². The average molecular weight is 404 g/mol. The van der Waals surface area contributed by atoms with Crippen molar-refractivity contribution in [1.29, 1.82) is 0 Å². The standard InChI is InChI=1S/C18H14ClN3O4S/c1-2-22(18-21-15-11-13(19)5-8-16(15)26-18)27(23,24)14-6-3-12(4-7-14)17-20-9-10-25-17/h3-11H,2H2,1H3. The molecule has 0 saturated heterocycles. The zero-order valence-corrected chi connectivity index (χ0v) is 15.7. The Kier molecular flexibility index (Phi) is 4.37. The fourth-order valence-corrected chi connectivity index (χ4v) is 4.19. The molecule has 0 aliphatic rings. The molecule has 0 fully saturated rings. The largest absolute Gasteiger partial charge is 0.445 e. The molecule has 0 aliphatic carbocycles. The average Bonchev–Trinajstić information content (AvgIpc) is 3.31. The number of hydrogen-bond donors (Lipinski definition) is 0. The van der Waals surface area contributed by atoms with Crippen molar-refractivity contribution >= 4 is 38.7 Å². The predicted octanol–water partition coefficient (Wildman–Crippen LogP) is 4.35. The van der Waals surface area contributed by atoms with Crippen LogP contribution in [-0.4, -0.2) is 24.9 Å². The second-order valence-electron chi connectivity index (χ2n) is 5.64. The molecule has 0 amide bonds. The summed E-state index contributed by atoms with van der Waals surface area (Å²) in [6.07, 6.45) is 2.98. The summed E-state index contributed by atoms with van der Waals surface area (Å²) in [5, 5.41) is 0.496. The van der Waals surface area contributed by atoms with Crippen LogP contribution in [0.4, 0.5) is 6.01 Å². The minimum absolute atomic E-state index is 0.00783. The summed E-state index contributed by atoms with van der Waals surface area (Å²) in [6.45, 7) is 1.87. The summed E-state index contributed by atoms with van der Waals surface area (Å²) in [5.74, 6) is 0.419. The molecule has 4 rings (SSSR count). The maximum absolute atomic E-state index is 13.1. The van der Waals surface area contributed by atoms with Crippen LogP contribution in [-0.2, 0) is 10.0 Å². The first-order valence-corrected chi connectivity index (χ1v) is 9.89. The predicted molar refractivity (Wildman–Crippen MR) is 101 cm³/mol. The van der Waals surface area contributed by atoms with Gasteiger partial charge in [0.15, 0.2) is 5.58 Å². The van der Waals surface area contributed by atoms with E-state index in [0.717, 1.165) is 4.31 Å². The van der Waals surface area contributed by atoms with Crippen LogP contribution in [0.15, 0.2) is 68.7 Å². The molecule has 0 bridgehead atoms. The SMILES string of the molecule is CCN(c1nc2cc(Cl)ccc2o1)S(=O)(=O)c1ccc(-c2ncco2)cc1. The van der Waals surface area contributed by atoms with E-state index in [-0.39, 0.29) is 17.5 Å². The summed E-state index contributed by atoms with van der Waals surface area (Å²) >= 11 is 5.96. The first-order valence-electron chi connectivity index (χ1n) is 8.08. The maximum atomic E-state index is 13.1. The van der Waals surface area contributed by atoms with Gasteiger partial charge < -0.3 is 8.83 Å². The summed E-state index contributed by atoms with van der Waals surface area (Å²) in [6, 6.07) is 11.2. The van der Waals surface area contributed by atoms with Gasteiger partial charge in [0, 0.05) is 17.1 Å².